The van der Waals surface area contributed by atoms with Gasteiger partial charge in [0.1, 0.15) is 5.82 Å². The smallest absolute Gasteiger partial charge is 0.383 e. The molecule has 0 bridgehead atoms. The van der Waals surface area contributed by atoms with E-state index in [9.17, 15) is 22.4 Å². The summed E-state index contributed by atoms with van der Waals surface area (Å²) in [5, 5.41) is 7.20. The van der Waals surface area contributed by atoms with Crippen LogP contribution in [0.3, 0.4) is 0 Å². The zero-order valence-corrected chi connectivity index (χ0v) is 13.5. The highest BCUT2D eigenvalue weighted by atomic mass is 32.1. The molecule has 0 spiro atoms. The number of nitrogens with one attached hydrogen (secondary N) is 2. The van der Waals surface area contributed by atoms with Crippen LogP contribution < -0.4 is 10.6 Å². The number of alkyl halides is 3. The minimum absolute atomic E-state index is 0.0255. The summed E-state index contributed by atoms with van der Waals surface area (Å²) in [6.07, 6.45) is -2.91. The van der Waals surface area contributed by atoms with Gasteiger partial charge in [-0.15, -0.1) is 11.3 Å². The molecule has 130 valence electrons. The van der Waals surface area contributed by atoms with Gasteiger partial charge in [0, 0.05) is 23.7 Å². The van der Waals surface area contributed by atoms with E-state index in [0.29, 0.717) is 5.13 Å². The van der Waals surface area contributed by atoms with Gasteiger partial charge < -0.3 is 5.32 Å². The molecule has 24 heavy (non-hydrogen) atoms. The molecule has 0 aliphatic carbocycles. The van der Waals surface area contributed by atoms with Crippen molar-refractivity contribution in [3.8, 4) is 0 Å². The number of anilines is 2. The summed E-state index contributed by atoms with van der Waals surface area (Å²) in [6, 6.07) is 3.74. The van der Waals surface area contributed by atoms with Crippen molar-refractivity contribution >= 4 is 28.1 Å². The second-order valence-electron chi connectivity index (χ2n) is 5.14. The van der Waals surface area contributed by atoms with Crippen molar-refractivity contribution in [2.75, 3.05) is 17.2 Å². The number of rotatable bonds is 6. The first-order valence-electron chi connectivity index (χ1n) is 7.08. The van der Waals surface area contributed by atoms with E-state index in [-0.39, 0.29) is 24.2 Å². The summed E-state index contributed by atoms with van der Waals surface area (Å²) >= 11 is 1.23. The molecule has 0 saturated heterocycles. The molecule has 2 N–H and O–H groups in total. The highest BCUT2D eigenvalue weighted by molar-refractivity contribution is 7.13. The minimum atomic E-state index is -4.27. The lowest BCUT2D eigenvalue weighted by Gasteiger charge is -2.16. The number of carbonyl (C=O) groups is 1. The molecule has 0 saturated carbocycles. The fourth-order valence-corrected chi connectivity index (χ4v) is 2.37. The molecule has 1 atom stereocenters. The Balaban J connectivity index is 1.93. The van der Waals surface area contributed by atoms with Gasteiger partial charge in [-0.3, -0.25) is 10.1 Å². The largest absolute Gasteiger partial charge is 0.391 e. The Morgan fingerprint density at radius 3 is 2.71 bits per heavy atom. The van der Waals surface area contributed by atoms with Gasteiger partial charge in [-0.2, -0.15) is 13.2 Å². The van der Waals surface area contributed by atoms with Gasteiger partial charge in [-0.25, -0.2) is 9.37 Å². The molecule has 0 radical (unpaired) electrons. The lowest BCUT2D eigenvalue weighted by Crippen LogP contribution is -2.22. The standard InChI is InChI=1S/C15H15F4N3OS/c1-9(15(17,18)19)4-5-20-12-3-2-10(8-11(12)16)13(23)22-14-21-6-7-24-14/h2-3,6-9,20H,4-5H2,1H3,(H,21,22,23). The Hall–Kier alpha value is -2.16. The van der Waals surface area contributed by atoms with Crippen molar-refractivity contribution in [3.63, 3.8) is 0 Å². The topological polar surface area (TPSA) is 54.0 Å². The Bertz CT molecular complexity index is 689. The molecule has 1 amide bonds. The number of amides is 1. The molecule has 0 aliphatic heterocycles. The van der Waals surface area contributed by atoms with Crippen molar-refractivity contribution in [1.29, 1.82) is 0 Å². The monoisotopic (exact) mass is 361 g/mol. The maximum atomic E-state index is 14.0. The maximum absolute atomic E-state index is 14.0. The van der Waals surface area contributed by atoms with Crippen LogP contribution in [0.2, 0.25) is 0 Å². The van der Waals surface area contributed by atoms with E-state index < -0.39 is 23.8 Å². The summed E-state index contributed by atoms with van der Waals surface area (Å²) in [5.41, 5.74) is 0.145. The van der Waals surface area contributed by atoms with Crippen LogP contribution in [0.4, 0.5) is 28.4 Å². The van der Waals surface area contributed by atoms with Gasteiger partial charge in [0.15, 0.2) is 5.13 Å². The third-order valence-electron chi connectivity index (χ3n) is 3.34. The van der Waals surface area contributed by atoms with E-state index >= 15 is 0 Å². The van der Waals surface area contributed by atoms with Gasteiger partial charge in [-0.1, -0.05) is 6.92 Å². The van der Waals surface area contributed by atoms with Crippen LogP contribution in [0.15, 0.2) is 29.8 Å². The number of thiazole rings is 1. The molecule has 2 aromatic rings. The number of hydrogen-bond donors (Lipinski definition) is 2. The summed E-state index contributed by atoms with van der Waals surface area (Å²) in [6.45, 7) is 1.05. The first-order chi connectivity index (χ1) is 11.3. The fourth-order valence-electron chi connectivity index (χ4n) is 1.84. The highest BCUT2D eigenvalue weighted by Crippen LogP contribution is 2.28. The summed E-state index contributed by atoms with van der Waals surface area (Å²) in [4.78, 5) is 15.8. The normalized spacial score (nSPS) is 12.7. The Kier molecular flexibility index (Phi) is 5.76. The fraction of sp³-hybridized carbons (Fsp3) is 0.333. The first-order valence-corrected chi connectivity index (χ1v) is 7.96. The van der Waals surface area contributed by atoms with Gasteiger partial charge in [0.05, 0.1) is 11.6 Å². The molecule has 0 aliphatic rings. The first kappa shape index (κ1) is 18.2. The third kappa shape index (κ3) is 4.92. The van der Waals surface area contributed by atoms with Crippen LogP contribution >= 0.6 is 11.3 Å². The van der Waals surface area contributed by atoms with Crippen molar-refractivity contribution in [1.82, 2.24) is 4.98 Å². The van der Waals surface area contributed by atoms with E-state index in [2.05, 4.69) is 15.6 Å². The Morgan fingerprint density at radius 2 is 2.12 bits per heavy atom. The summed E-state index contributed by atoms with van der Waals surface area (Å²) < 4.78 is 51.2. The predicted octanol–water partition coefficient (Wildman–Crippen LogP) is 4.53. The molecule has 0 fully saturated rings. The SMILES string of the molecule is CC(CCNc1ccc(C(=O)Nc2nccs2)cc1F)C(F)(F)F. The van der Waals surface area contributed by atoms with Crippen molar-refractivity contribution in [3.05, 3.63) is 41.2 Å². The van der Waals surface area contributed by atoms with Crippen molar-refractivity contribution in [2.45, 2.75) is 19.5 Å². The lowest BCUT2D eigenvalue weighted by atomic mass is 10.1. The molecule has 2 rings (SSSR count). The van der Waals surface area contributed by atoms with Gasteiger partial charge in [0.2, 0.25) is 0 Å². The van der Waals surface area contributed by atoms with Crippen LogP contribution in [0, 0.1) is 11.7 Å². The quantitative estimate of drug-likeness (QED) is 0.743. The average molecular weight is 361 g/mol. The van der Waals surface area contributed by atoms with Crippen LogP contribution in [-0.4, -0.2) is 23.6 Å². The maximum Gasteiger partial charge on any atom is 0.391 e. The lowest BCUT2D eigenvalue weighted by molar-refractivity contribution is -0.170. The number of aromatic nitrogens is 1. The average Bonchev–Trinajstić information content (AvgIpc) is 3.00. The predicted molar refractivity (Wildman–Crippen MR) is 84.8 cm³/mol. The van der Waals surface area contributed by atoms with Crippen LogP contribution in [0.25, 0.3) is 0 Å². The molecule has 1 aromatic carbocycles. The molecule has 4 nitrogen and oxygen atoms in total. The van der Waals surface area contributed by atoms with Crippen molar-refractivity contribution in [2.24, 2.45) is 5.92 Å². The zero-order valence-electron chi connectivity index (χ0n) is 12.7. The number of hydrogen-bond acceptors (Lipinski definition) is 4. The number of benzene rings is 1. The molecule has 1 aromatic heterocycles. The summed E-state index contributed by atoms with van der Waals surface area (Å²) in [7, 11) is 0. The zero-order chi connectivity index (χ0) is 17.7. The van der Waals surface area contributed by atoms with E-state index in [1.54, 1.807) is 5.38 Å². The number of nitrogens with zero attached hydrogens (tertiary/aromatic N) is 1. The van der Waals surface area contributed by atoms with Gasteiger partial charge >= 0.3 is 6.18 Å². The van der Waals surface area contributed by atoms with Gasteiger partial charge in [0.25, 0.3) is 5.91 Å². The highest BCUT2D eigenvalue weighted by Gasteiger charge is 2.35. The van der Waals surface area contributed by atoms with Crippen LogP contribution in [0.5, 0.6) is 0 Å². The molecule has 1 unspecified atom stereocenters. The number of carbonyl (C=O) groups excluding carboxylic acids is 1. The molecule has 1 heterocycles. The van der Waals surface area contributed by atoms with Gasteiger partial charge in [-0.05, 0) is 24.6 Å². The van der Waals surface area contributed by atoms with E-state index in [1.165, 1.54) is 29.7 Å². The molecular weight excluding hydrogens is 346 g/mol. The van der Waals surface area contributed by atoms with Crippen LogP contribution in [-0.2, 0) is 0 Å². The Labute approximate surface area is 139 Å². The van der Waals surface area contributed by atoms with Crippen molar-refractivity contribution < 1.29 is 22.4 Å². The number of halogens is 4. The van der Waals surface area contributed by atoms with E-state index in [0.717, 1.165) is 13.0 Å². The van der Waals surface area contributed by atoms with E-state index in [1.807, 2.05) is 0 Å². The van der Waals surface area contributed by atoms with Crippen LogP contribution in [0.1, 0.15) is 23.7 Å². The minimum Gasteiger partial charge on any atom is -0.383 e. The Morgan fingerprint density at radius 1 is 1.38 bits per heavy atom. The second kappa shape index (κ2) is 7.61. The van der Waals surface area contributed by atoms with E-state index in [4.69, 9.17) is 0 Å². The molecule has 9 heteroatoms. The third-order valence-corrected chi connectivity index (χ3v) is 4.02. The molecular formula is C15H15F4N3OS. The second-order valence-corrected chi connectivity index (χ2v) is 6.04. The summed E-state index contributed by atoms with van der Waals surface area (Å²) in [5.74, 6) is -2.70.